The standard InChI is InChI=1S/C16H28N4OS/c1-12-15(13(2)19-18-12)4-5-16(21)17-14-6-8-20(9-7-14)10-11-22-3/h14H,4-11H2,1-3H3,(H,17,21)(H,18,19). The lowest BCUT2D eigenvalue weighted by molar-refractivity contribution is -0.122. The van der Waals surface area contributed by atoms with Crippen molar-refractivity contribution in [2.75, 3.05) is 31.6 Å². The van der Waals surface area contributed by atoms with Crippen LogP contribution < -0.4 is 5.32 Å². The van der Waals surface area contributed by atoms with Crippen LogP contribution in [-0.2, 0) is 11.2 Å². The SMILES string of the molecule is CSCCN1CCC(NC(=O)CCc2c(C)n[nH]c2C)CC1. The maximum atomic E-state index is 12.1. The number of nitrogens with zero attached hydrogens (tertiary/aromatic N) is 2. The predicted octanol–water partition coefficient (Wildman–Crippen LogP) is 1.90. The number of rotatable bonds is 7. The molecule has 1 aromatic rings. The number of piperidine rings is 1. The number of thioether (sulfide) groups is 1. The molecule has 0 unspecified atom stereocenters. The number of nitrogens with one attached hydrogen (secondary N) is 2. The van der Waals surface area contributed by atoms with E-state index in [1.807, 2.05) is 25.6 Å². The Bertz CT molecular complexity index is 461. The first-order valence-electron chi connectivity index (χ1n) is 8.11. The van der Waals surface area contributed by atoms with Gasteiger partial charge in [0.2, 0.25) is 5.91 Å². The van der Waals surface area contributed by atoms with Gasteiger partial charge in [0.1, 0.15) is 0 Å². The van der Waals surface area contributed by atoms with Crippen molar-refractivity contribution in [3.05, 3.63) is 17.0 Å². The van der Waals surface area contributed by atoms with Gasteiger partial charge in [0.15, 0.2) is 0 Å². The average Bonchev–Trinajstić information content (AvgIpc) is 2.83. The maximum absolute atomic E-state index is 12.1. The molecule has 5 nitrogen and oxygen atoms in total. The van der Waals surface area contributed by atoms with E-state index in [4.69, 9.17) is 0 Å². The number of hydrogen-bond donors (Lipinski definition) is 2. The molecule has 2 rings (SSSR count). The predicted molar refractivity (Wildman–Crippen MR) is 92.4 cm³/mol. The molecule has 0 spiro atoms. The minimum Gasteiger partial charge on any atom is -0.353 e. The monoisotopic (exact) mass is 324 g/mol. The summed E-state index contributed by atoms with van der Waals surface area (Å²) < 4.78 is 0. The van der Waals surface area contributed by atoms with Gasteiger partial charge in [0, 0.05) is 43.5 Å². The highest BCUT2D eigenvalue weighted by atomic mass is 32.2. The summed E-state index contributed by atoms with van der Waals surface area (Å²) in [4.78, 5) is 14.6. The Morgan fingerprint density at radius 2 is 2.14 bits per heavy atom. The summed E-state index contributed by atoms with van der Waals surface area (Å²) in [5, 5.41) is 10.3. The summed E-state index contributed by atoms with van der Waals surface area (Å²) in [7, 11) is 0. The van der Waals surface area contributed by atoms with Gasteiger partial charge in [-0.3, -0.25) is 9.89 Å². The second-order valence-corrected chi connectivity index (χ2v) is 7.07. The van der Waals surface area contributed by atoms with E-state index < -0.39 is 0 Å². The molecule has 22 heavy (non-hydrogen) atoms. The van der Waals surface area contributed by atoms with Crippen LogP contribution in [0.2, 0.25) is 0 Å². The molecule has 1 fully saturated rings. The first-order valence-corrected chi connectivity index (χ1v) is 9.50. The van der Waals surface area contributed by atoms with Gasteiger partial charge in [-0.15, -0.1) is 0 Å². The lowest BCUT2D eigenvalue weighted by Gasteiger charge is -2.32. The minimum atomic E-state index is 0.169. The van der Waals surface area contributed by atoms with Crippen molar-refractivity contribution in [2.45, 2.75) is 45.6 Å². The number of carbonyl (C=O) groups is 1. The molecule has 0 radical (unpaired) electrons. The van der Waals surface area contributed by atoms with Crippen molar-refractivity contribution in [3.63, 3.8) is 0 Å². The number of aromatic amines is 1. The van der Waals surface area contributed by atoms with Gasteiger partial charge < -0.3 is 10.2 Å². The number of hydrogen-bond acceptors (Lipinski definition) is 4. The molecule has 1 amide bonds. The molecule has 1 aliphatic rings. The largest absolute Gasteiger partial charge is 0.353 e. The van der Waals surface area contributed by atoms with Crippen molar-refractivity contribution in [1.82, 2.24) is 20.4 Å². The van der Waals surface area contributed by atoms with E-state index in [2.05, 4.69) is 26.7 Å². The molecule has 0 bridgehead atoms. The molecule has 2 N–H and O–H groups in total. The van der Waals surface area contributed by atoms with E-state index in [0.29, 0.717) is 12.5 Å². The van der Waals surface area contributed by atoms with Crippen LogP contribution in [0.1, 0.15) is 36.2 Å². The van der Waals surface area contributed by atoms with Crippen molar-refractivity contribution in [3.8, 4) is 0 Å². The van der Waals surface area contributed by atoms with Gasteiger partial charge in [-0.25, -0.2) is 0 Å². The Balaban J connectivity index is 1.68. The molecule has 6 heteroatoms. The van der Waals surface area contributed by atoms with E-state index in [0.717, 1.165) is 43.7 Å². The number of likely N-dealkylation sites (tertiary alicyclic amines) is 1. The number of carbonyl (C=O) groups excluding carboxylic acids is 1. The van der Waals surface area contributed by atoms with Crippen LogP contribution in [0.3, 0.4) is 0 Å². The van der Waals surface area contributed by atoms with Gasteiger partial charge >= 0.3 is 0 Å². The highest BCUT2D eigenvalue weighted by molar-refractivity contribution is 7.98. The topological polar surface area (TPSA) is 61.0 Å². The van der Waals surface area contributed by atoms with E-state index in [-0.39, 0.29) is 5.91 Å². The van der Waals surface area contributed by atoms with Gasteiger partial charge in [-0.2, -0.15) is 16.9 Å². The second-order valence-electron chi connectivity index (χ2n) is 6.09. The van der Waals surface area contributed by atoms with Gasteiger partial charge in [-0.05, 0) is 44.9 Å². The average molecular weight is 324 g/mol. The van der Waals surface area contributed by atoms with Crippen molar-refractivity contribution < 1.29 is 4.79 Å². The van der Waals surface area contributed by atoms with Gasteiger partial charge in [0.25, 0.3) is 0 Å². The summed E-state index contributed by atoms with van der Waals surface area (Å²) in [6.45, 7) is 7.37. The lowest BCUT2D eigenvalue weighted by Crippen LogP contribution is -2.45. The molecular weight excluding hydrogens is 296 g/mol. The molecule has 2 heterocycles. The third kappa shape index (κ3) is 5.02. The number of aromatic nitrogens is 2. The Morgan fingerprint density at radius 1 is 1.41 bits per heavy atom. The van der Waals surface area contributed by atoms with Crippen molar-refractivity contribution in [1.29, 1.82) is 0 Å². The quantitative estimate of drug-likeness (QED) is 0.804. The van der Waals surface area contributed by atoms with Crippen LogP contribution in [0.4, 0.5) is 0 Å². The third-order valence-electron chi connectivity index (χ3n) is 4.45. The minimum absolute atomic E-state index is 0.169. The zero-order valence-corrected chi connectivity index (χ0v) is 14.8. The summed E-state index contributed by atoms with van der Waals surface area (Å²) in [6.07, 6.45) is 5.62. The second kappa shape index (κ2) is 8.58. The van der Waals surface area contributed by atoms with Crippen LogP contribution in [0, 0.1) is 13.8 Å². The summed E-state index contributed by atoms with van der Waals surface area (Å²) in [5.41, 5.74) is 3.27. The summed E-state index contributed by atoms with van der Waals surface area (Å²) >= 11 is 1.90. The maximum Gasteiger partial charge on any atom is 0.220 e. The zero-order chi connectivity index (χ0) is 15.9. The molecule has 0 saturated carbocycles. The first-order chi connectivity index (χ1) is 10.6. The Morgan fingerprint density at radius 3 is 2.73 bits per heavy atom. The zero-order valence-electron chi connectivity index (χ0n) is 13.9. The van der Waals surface area contributed by atoms with Crippen LogP contribution in [0.5, 0.6) is 0 Å². The fourth-order valence-corrected chi connectivity index (χ4v) is 3.44. The van der Waals surface area contributed by atoms with Crippen LogP contribution in [-0.4, -0.2) is 58.7 Å². The van der Waals surface area contributed by atoms with Crippen molar-refractivity contribution >= 4 is 17.7 Å². The molecular formula is C16H28N4OS. The lowest BCUT2D eigenvalue weighted by atomic mass is 10.0. The van der Waals surface area contributed by atoms with Crippen LogP contribution in [0.15, 0.2) is 0 Å². The normalized spacial score (nSPS) is 16.9. The number of H-pyrrole nitrogens is 1. The Labute approximate surface area is 137 Å². The smallest absolute Gasteiger partial charge is 0.220 e. The molecule has 124 valence electrons. The molecule has 0 aliphatic carbocycles. The van der Waals surface area contributed by atoms with Gasteiger partial charge in [0.05, 0.1) is 5.69 Å². The number of aryl methyl sites for hydroxylation is 2. The van der Waals surface area contributed by atoms with Gasteiger partial charge in [-0.1, -0.05) is 0 Å². The van der Waals surface area contributed by atoms with Crippen molar-refractivity contribution in [2.24, 2.45) is 0 Å². The highest BCUT2D eigenvalue weighted by Gasteiger charge is 2.20. The third-order valence-corrected chi connectivity index (χ3v) is 5.04. The first kappa shape index (κ1) is 17.3. The van der Waals surface area contributed by atoms with Crippen LogP contribution in [0.25, 0.3) is 0 Å². The fraction of sp³-hybridized carbons (Fsp3) is 0.750. The van der Waals surface area contributed by atoms with Crippen LogP contribution >= 0.6 is 11.8 Å². The number of amides is 1. The molecule has 0 atom stereocenters. The molecule has 1 saturated heterocycles. The molecule has 1 aliphatic heterocycles. The molecule has 1 aromatic heterocycles. The van der Waals surface area contributed by atoms with E-state index in [1.165, 1.54) is 17.9 Å². The molecule has 0 aromatic carbocycles. The highest BCUT2D eigenvalue weighted by Crippen LogP contribution is 2.13. The summed E-state index contributed by atoms with van der Waals surface area (Å²) in [6, 6.07) is 0.351. The Hall–Kier alpha value is -1.01. The summed E-state index contributed by atoms with van der Waals surface area (Å²) in [5.74, 6) is 1.36. The van der Waals surface area contributed by atoms with E-state index in [1.54, 1.807) is 0 Å². The fourth-order valence-electron chi connectivity index (χ4n) is 3.00. The van der Waals surface area contributed by atoms with E-state index >= 15 is 0 Å². The Kier molecular flexibility index (Phi) is 6.76. The van der Waals surface area contributed by atoms with E-state index in [9.17, 15) is 4.79 Å².